The Balaban J connectivity index is 1.83. The Hall–Kier alpha value is -1.69. The predicted octanol–water partition coefficient (Wildman–Crippen LogP) is 3.23. The highest BCUT2D eigenvalue weighted by atomic mass is 79.9. The molecule has 0 aliphatic carbocycles. The Bertz CT molecular complexity index is 744. The van der Waals surface area contributed by atoms with Crippen LogP contribution in [0.1, 0.15) is 17.0 Å². The molecule has 2 aliphatic heterocycles. The summed E-state index contributed by atoms with van der Waals surface area (Å²) in [6.07, 6.45) is 0. The number of amides is 1. The van der Waals surface area contributed by atoms with E-state index in [0.717, 1.165) is 28.8 Å². The molecule has 2 aromatic rings. The minimum absolute atomic E-state index is 0.0190. The zero-order chi connectivity index (χ0) is 16.5. The Kier molecular flexibility index (Phi) is 4.39. The van der Waals surface area contributed by atoms with Crippen molar-refractivity contribution in [3.05, 3.63) is 64.1 Å². The summed E-state index contributed by atoms with van der Waals surface area (Å²) < 4.78 is 6.50. The van der Waals surface area contributed by atoms with Gasteiger partial charge in [0.2, 0.25) is 5.91 Å². The first-order valence-corrected chi connectivity index (χ1v) is 9.00. The van der Waals surface area contributed by atoms with Crippen molar-refractivity contribution in [1.29, 1.82) is 0 Å². The van der Waals surface area contributed by atoms with Gasteiger partial charge in [0.05, 0.1) is 13.2 Å². The number of nitrogens with zero attached hydrogens (tertiary/aromatic N) is 1. The van der Waals surface area contributed by atoms with E-state index in [0.29, 0.717) is 13.2 Å². The van der Waals surface area contributed by atoms with Crippen molar-refractivity contribution < 1.29 is 9.53 Å². The van der Waals surface area contributed by atoms with Gasteiger partial charge >= 0.3 is 0 Å². The Morgan fingerprint density at radius 3 is 2.58 bits per heavy atom. The lowest BCUT2D eigenvalue weighted by Crippen LogP contribution is -2.54. The molecule has 2 aliphatic rings. The van der Waals surface area contributed by atoms with Crippen LogP contribution in [0.2, 0.25) is 0 Å². The maximum absolute atomic E-state index is 12.9. The molecular weight excluding hydrogens is 368 g/mol. The fourth-order valence-corrected chi connectivity index (χ4v) is 4.07. The third-order valence-corrected chi connectivity index (χ3v) is 5.28. The molecule has 1 fully saturated rings. The molecule has 24 heavy (non-hydrogen) atoms. The molecule has 2 atom stereocenters. The molecule has 2 unspecified atom stereocenters. The molecule has 0 spiro atoms. The van der Waals surface area contributed by atoms with Crippen LogP contribution in [-0.4, -0.2) is 43.2 Å². The van der Waals surface area contributed by atoms with Crippen LogP contribution in [0.5, 0.6) is 0 Å². The number of benzene rings is 2. The van der Waals surface area contributed by atoms with Gasteiger partial charge in [-0.15, -0.1) is 0 Å². The molecule has 1 N–H and O–H groups in total. The van der Waals surface area contributed by atoms with E-state index in [1.54, 1.807) is 0 Å². The van der Waals surface area contributed by atoms with Gasteiger partial charge in [0.15, 0.2) is 0 Å². The highest BCUT2D eigenvalue weighted by Gasteiger charge is 2.40. The highest BCUT2D eigenvalue weighted by Crippen LogP contribution is 2.40. The summed E-state index contributed by atoms with van der Waals surface area (Å²) in [7, 11) is 0. The fraction of sp³-hybridized carbons (Fsp3) is 0.316. The third kappa shape index (κ3) is 2.88. The van der Waals surface area contributed by atoms with Gasteiger partial charge in [-0.1, -0.05) is 46.3 Å². The minimum atomic E-state index is -0.210. The average molecular weight is 387 g/mol. The minimum Gasteiger partial charge on any atom is -0.379 e. The highest BCUT2D eigenvalue weighted by molar-refractivity contribution is 9.10. The van der Waals surface area contributed by atoms with Crippen LogP contribution in [0.25, 0.3) is 0 Å². The quantitative estimate of drug-likeness (QED) is 0.861. The lowest BCUT2D eigenvalue weighted by molar-refractivity contribution is -0.124. The van der Waals surface area contributed by atoms with Gasteiger partial charge in [0, 0.05) is 29.2 Å². The maximum Gasteiger partial charge on any atom is 0.242 e. The summed E-state index contributed by atoms with van der Waals surface area (Å²) in [6, 6.07) is 16.2. The second-order valence-corrected chi connectivity index (χ2v) is 7.12. The number of hydrogen-bond donors (Lipinski definition) is 1. The smallest absolute Gasteiger partial charge is 0.242 e. The number of ether oxygens (including phenoxy) is 1. The van der Waals surface area contributed by atoms with Crippen LogP contribution in [0.15, 0.2) is 53.0 Å². The Morgan fingerprint density at radius 2 is 1.83 bits per heavy atom. The third-order valence-electron chi connectivity index (χ3n) is 4.79. The molecule has 0 radical (unpaired) electrons. The molecule has 1 amide bonds. The van der Waals surface area contributed by atoms with E-state index in [2.05, 4.69) is 44.3 Å². The molecule has 124 valence electrons. The van der Waals surface area contributed by atoms with Gasteiger partial charge in [0.25, 0.3) is 0 Å². The number of fused-ring (bicyclic) bond motifs is 1. The van der Waals surface area contributed by atoms with Crippen LogP contribution in [-0.2, 0) is 9.53 Å². The van der Waals surface area contributed by atoms with E-state index < -0.39 is 0 Å². The molecule has 0 saturated carbocycles. The number of rotatable bonds is 2. The summed E-state index contributed by atoms with van der Waals surface area (Å²) in [5.41, 5.74) is 3.23. The topological polar surface area (TPSA) is 41.6 Å². The summed E-state index contributed by atoms with van der Waals surface area (Å²) in [4.78, 5) is 15.2. The molecule has 0 aromatic heterocycles. The van der Waals surface area contributed by atoms with Crippen LogP contribution in [0, 0.1) is 0 Å². The van der Waals surface area contributed by atoms with Crippen molar-refractivity contribution in [3.8, 4) is 0 Å². The normalized spacial score (nSPS) is 24.3. The Labute approximate surface area is 149 Å². The van der Waals surface area contributed by atoms with E-state index >= 15 is 0 Å². The SMILES string of the molecule is O=C1Nc2ccc(Br)cc2C(c2ccccc2)C1N1CCOCC1. The number of morpholine rings is 1. The van der Waals surface area contributed by atoms with E-state index in [1.807, 2.05) is 30.3 Å². The summed E-state index contributed by atoms with van der Waals surface area (Å²) in [5, 5.41) is 3.09. The zero-order valence-corrected chi connectivity index (χ0v) is 14.8. The number of carbonyl (C=O) groups excluding carboxylic acids is 1. The average Bonchev–Trinajstić information content (AvgIpc) is 2.62. The molecule has 2 aromatic carbocycles. The van der Waals surface area contributed by atoms with E-state index in [-0.39, 0.29) is 17.9 Å². The summed E-state index contributed by atoms with van der Waals surface area (Å²) in [5.74, 6) is 0.0890. The second-order valence-electron chi connectivity index (χ2n) is 6.20. The molecule has 1 saturated heterocycles. The van der Waals surface area contributed by atoms with Gasteiger partial charge in [0.1, 0.15) is 6.04 Å². The first-order chi connectivity index (χ1) is 11.7. The largest absolute Gasteiger partial charge is 0.379 e. The lowest BCUT2D eigenvalue weighted by atomic mass is 9.80. The van der Waals surface area contributed by atoms with Crippen LogP contribution in [0.4, 0.5) is 5.69 Å². The van der Waals surface area contributed by atoms with Gasteiger partial charge in [-0.2, -0.15) is 0 Å². The molecule has 4 rings (SSSR count). The standard InChI is InChI=1S/C19H19BrN2O2/c20-14-6-7-16-15(12-14)17(13-4-2-1-3-5-13)18(19(23)21-16)22-8-10-24-11-9-22/h1-7,12,17-18H,8-11H2,(H,21,23). The predicted molar refractivity (Wildman–Crippen MR) is 97.2 cm³/mol. The second kappa shape index (κ2) is 6.67. The molecule has 4 nitrogen and oxygen atoms in total. The fourth-order valence-electron chi connectivity index (χ4n) is 3.69. The lowest BCUT2D eigenvalue weighted by Gasteiger charge is -2.41. The van der Waals surface area contributed by atoms with E-state index in [4.69, 9.17) is 4.74 Å². The molecule has 0 bridgehead atoms. The van der Waals surface area contributed by atoms with Gasteiger partial charge in [-0.25, -0.2) is 0 Å². The van der Waals surface area contributed by atoms with Crippen molar-refractivity contribution in [3.63, 3.8) is 0 Å². The van der Waals surface area contributed by atoms with Crippen molar-refractivity contribution in [2.75, 3.05) is 31.6 Å². The van der Waals surface area contributed by atoms with Crippen molar-refractivity contribution in [2.24, 2.45) is 0 Å². The van der Waals surface area contributed by atoms with Crippen molar-refractivity contribution in [2.45, 2.75) is 12.0 Å². The van der Waals surface area contributed by atoms with Crippen LogP contribution in [0.3, 0.4) is 0 Å². The zero-order valence-electron chi connectivity index (χ0n) is 13.2. The first-order valence-electron chi connectivity index (χ1n) is 8.21. The number of hydrogen-bond acceptors (Lipinski definition) is 3. The maximum atomic E-state index is 12.9. The summed E-state index contributed by atoms with van der Waals surface area (Å²) >= 11 is 3.58. The van der Waals surface area contributed by atoms with Gasteiger partial charge < -0.3 is 10.1 Å². The van der Waals surface area contributed by atoms with Crippen LogP contribution < -0.4 is 5.32 Å². The molecule has 5 heteroatoms. The number of carbonyl (C=O) groups is 1. The van der Waals surface area contributed by atoms with E-state index in [9.17, 15) is 4.79 Å². The number of nitrogens with one attached hydrogen (secondary N) is 1. The van der Waals surface area contributed by atoms with Crippen molar-refractivity contribution >= 4 is 27.5 Å². The monoisotopic (exact) mass is 386 g/mol. The molecular formula is C19H19BrN2O2. The van der Waals surface area contributed by atoms with Gasteiger partial charge in [-0.3, -0.25) is 9.69 Å². The Morgan fingerprint density at radius 1 is 1.08 bits per heavy atom. The van der Waals surface area contributed by atoms with Crippen molar-refractivity contribution in [1.82, 2.24) is 4.90 Å². The number of anilines is 1. The first kappa shape index (κ1) is 15.8. The molecule has 2 heterocycles. The van der Waals surface area contributed by atoms with Gasteiger partial charge in [-0.05, 0) is 29.3 Å². The number of halogens is 1. The summed E-state index contributed by atoms with van der Waals surface area (Å²) in [6.45, 7) is 2.92. The van der Waals surface area contributed by atoms with Crippen LogP contribution >= 0.6 is 15.9 Å². The van der Waals surface area contributed by atoms with E-state index in [1.165, 1.54) is 5.56 Å².